The average Bonchev–Trinajstić information content (AvgIpc) is 2.57. The molecule has 0 radical (unpaired) electrons. The van der Waals surface area contributed by atoms with E-state index in [0.717, 1.165) is 24.9 Å². The highest BCUT2D eigenvalue weighted by Crippen LogP contribution is 2.40. The molecule has 1 aromatic rings. The van der Waals surface area contributed by atoms with Gasteiger partial charge in [0.05, 0.1) is 32.3 Å². The molecule has 128 valence electrons. The highest BCUT2D eigenvalue weighted by Gasteiger charge is 2.36. The van der Waals surface area contributed by atoms with Crippen molar-refractivity contribution in [1.29, 1.82) is 5.26 Å². The molecule has 2 N–H and O–H groups in total. The highest BCUT2D eigenvalue weighted by atomic mass is 16.5. The zero-order chi connectivity index (χ0) is 17.3. The van der Waals surface area contributed by atoms with Crippen LogP contribution in [0.1, 0.15) is 32.3 Å². The Hall–Kier alpha value is -1.77. The van der Waals surface area contributed by atoms with Gasteiger partial charge >= 0.3 is 0 Å². The minimum absolute atomic E-state index is 0.128. The predicted molar refractivity (Wildman–Crippen MR) is 90.9 cm³/mol. The van der Waals surface area contributed by atoms with Crippen molar-refractivity contribution in [3.05, 3.63) is 23.8 Å². The molecule has 0 fully saturated rings. The van der Waals surface area contributed by atoms with Crippen LogP contribution in [-0.4, -0.2) is 39.0 Å². The lowest BCUT2D eigenvalue weighted by Crippen LogP contribution is -2.32. The van der Waals surface area contributed by atoms with Gasteiger partial charge in [-0.15, -0.1) is 0 Å². The molecule has 0 saturated carbocycles. The number of benzene rings is 1. The fourth-order valence-corrected chi connectivity index (χ4v) is 2.83. The summed E-state index contributed by atoms with van der Waals surface area (Å²) in [5, 5.41) is 21.9. The lowest BCUT2D eigenvalue weighted by molar-refractivity contribution is 0.289. The van der Waals surface area contributed by atoms with Crippen LogP contribution in [-0.2, 0) is 5.41 Å². The third-order valence-corrected chi connectivity index (χ3v) is 4.30. The van der Waals surface area contributed by atoms with E-state index in [0.29, 0.717) is 18.0 Å². The van der Waals surface area contributed by atoms with Gasteiger partial charge in [0.2, 0.25) is 0 Å². The molecule has 0 spiro atoms. The Labute approximate surface area is 139 Å². The van der Waals surface area contributed by atoms with Gasteiger partial charge in [0.1, 0.15) is 0 Å². The molecule has 5 nitrogen and oxygen atoms in total. The van der Waals surface area contributed by atoms with E-state index >= 15 is 0 Å². The Balaban J connectivity index is 3.04. The minimum Gasteiger partial charge on any atom is -0.493 e. The van der Waals surface area contributed by atoms with Crippen LogP contribution in [0.4, 0.5) is 0 Å². The van der Waals surface area contributed by atoms with Crippen molar-refractivity contribution < 1.29 is 14.6 Å². The van der Waals surface area contributed by atoms with Crippen molar-refractivity contribution >= 4 is 0 Å². The van der Waals surface area contributed by atoms with Gasteiger partial charge in [0.15, 0.2) is 11.5 Å². The molecule has 0 amide bonds. The maximum atomic E-state index is 9.91. The van der Waals surface area contributed by atoms with Gasteiger partial charge in [0, 0.05) is 6.54 Å². The Bertz CT molecular complexity index is 525. The van der Waals surface area contributed by atoms with Gasteiger partial charge in [-0.3, -0.25) is 0 Å². The molecule has 1 rings (SSSR count). The normalized spacial score (nSPS) is 13.4. The van der Waals surface area contributed by atoms with Gasteiger partial charge in [-0.1, -0.05) is 19.9 Å². The lowest BCUT2D eigenvalue weighted by Gasteiger charge is -2.32. The second kappa shape index (κ2) is 9.39. The number of aliphatic hydroxyl groups is 1. The maximum Gasteiger partial charge on any atom is 0.161 e. The Kier molecular flexibility index (Phi) is 7.87. The first-order valence-electron chi connectivity index (χ1n) is 8.01. The third kappa shape index (κ3) is 4.60. The summed E-state index contributed by atoms with van der Waals surface area (Å²) in [6, 6.07) is 8.25. The fourth-order valence-electron chi connectivity index (χ4n) is 2.83. The lowest BCUT2D eigenvalue weighted by atomic mass is 9.70. The average molecular weight is 320 g/mol. The first-order chi connectivity index (χ1) is 11.1. The number of rotatable bonds is 10. The van der Waals surface area contributed by atoms with Crippen LogP contribution in [0, 0.1) is 17.2 Å². The molecule has 0 bridgehead atoms. The second-order valence-corrected chi connectivity index (χ2v) is 5.88. The van der Waals surface area contributed by atoms with Crippen LogP contribution < -0.4 is 14.8 Å². The first-order valence-corrected chi connectivity index (χ1v) is 8.01. The topological polar surface area (TPSA) is 74.5 Å². The Morgan fingerprint density at radius 3 is 2.43 bits per heavy atom. The van der Waals surface area contributed by atoms with E-state index in [1.807, 2.05) is 18.2 Å². The van der Waals surface area contributed by atoms with Crippen molar-refractivity contribution in [2.45, 2.75) is 32.1 Å². The highest BCUT2D eigenvalue weighted by molar-refractivity contribution is 5.47. The number of hydrogen-bond donors (Lipinski definition) is 2. The predicted octanol–water partition coefficient (Wildman–Crippen LogP) is 2.48. The molecule has 0 aromatic heterocycles. The minimum atomic E-state index is -0.569. The van der Waals surface area contributed by atoms with Crippen molar-refractivity contribution in [2.24, 2.45) is 5.92 Å². The number of aliphatic hydroxyl groups excluding tert-OH is 1. The summed E-state index contributed by atoms with van der Waals surface area (Å²) in [5.41, 5.74) is 0.385. The number of ether oxygens (including phenoxy) is 2. The summed E-state index contributed by atoms with van der Waals surface area (Å²) in [6.45, 7) is 5.63. The van der Waals surface area contributed by atoms with Crippen LogP contribution in [0.5, 0.6) is 11.5 Å². The van der Waals surface area contributed by atoms with Crippen molar-refractivity contribution in [3.8, 4) is 17.6 Å². The summed E-state index contributed by atoms with van der Waals surface area (Å²) in [6.07, 6.45) is 1.61. The smallest absolute Gasteiger partial charge is 0.161 e. The van der Waals surface area contributed by atoms with E-state index < -0.39 is 5.41 Å². The van der Waals surface area contributed by atoms with Crippen molar-refractivity contribution in [1.82, 2.24) is 5.32 Å². The van der Waals surface area contributed by atoms with E-state index in [-0.39, 0.29) is 12.5 Å². The van der Waals surface area contributed by atoms with Crippen LogP contribution in [0.15, 0.2) is 18.2 Å². The number of methoxy groups -OCH3 is 2. The Morgan fingerprint density at radius 1 is 1.22 bits per heavy atom. The van der Waals surface area contributed by atoms with Crippen LogP contribution >= 0.6 is 0 Å². The molecule has 1 aromatic carbocycles. The van der Waals surface area contributed by atoms with Gasteiger partial charge in [-0.05, 0) is 43.0 Å². The molecule has 1 unspecified atom stereocenters. The van der Waals surface area contributed by atoms with Crippen LogP contribution in [0.2, 0.25) is 0 Å². The maximum absolute atomic E-state index is 9.91. The molecule has 0 aliphatic heterocycles. The van der Waals surface area contributed by atoms with Gasteiger partial charge < -0.3 is 19.9 Å². The molecular formula is C18H28N2O3. The van der Waals surface area contributed by atoms with E-state index in [9.17, 15) is 5.26 Å². The SMILES string of the molecule is COc1ccc(C(C#N)(CCCNCCO)C(C)C)cc1OC. The van der Waals surface area contributed by atoms with Gasteiger partial charge in [0.25, 0.3) is 0 Å². The second-order valence-electron chi connectivity index (χ2n) is 5.88. The molecule has 0 aliphatic carbocycles. The number of nitriles is 1. The van der Waals surface area contributed by atoms with E-state index in [1.165, 1.54) is 0 Å². The fraction of sp³-hybridized carbons (Fsp3) is 0.611. The van der Waals surface area contributed by atoms with Gasteiger partial charge in [-0.2, -0.15) is 5.26 Å². The summed E-state index contributed by atoms with van der Waals surface area (Å²) in [5.74, 6) is 1.48. The summed E-state index contributed by atoms with van der Waals surface area (Å²) >= 11 is 0. The van der Waals surface area contributed by atoms with Crippen LogP contribution in [0.25, 0.3) is 0 Å². The summed E-state index contributed by atoms with van der Waals surface area (Å²) in [4.78, 5) is 0. The monoisotopic (exact) mass is 320 g/mol. The number of nitrogens with one attached hydrogen (secondary N) is 1. The molecule has 0 heterocycles. The van der Waals surface area contributed by atoms with Crippen molar-refractivity contribution in [2.75, 3.05) is 33.9 Å². The molecule has 0 saturated heterocycles. The summed E-state index contributed by atoms with van der Waals surface area (Å²) < 4.78 is 10.7. The molecular weight excluding hydrogens is 292 g/mol. The largest absolute Gasteiger partial charge is 0.493 e. The summed E-state index contributed by atoms with van der Waals surface area (Å²) in [7, 11) is 3.20. The first kappa shape index (κ1) is 19.3. The standard InChI is InChI=1S/C18H28N2O3/c1-14(2)18(13-19,8-5-9-20-10-11-21)15-6-7-16(22-3)17(12-15)23-4/h6-7,12,14,20-21H,5,8-11H2,1-4H3. The van der Waals surface area contributed by atoms with Gasteiger partial charge in [-0.25, -0.2) is 0 Å². The van der Waals surface area contributed by atoms with E-state index in [1.54, 1.807) is 14.2 Å². The molecule has 0 aliphatic rings. The molecule has 1 atom stereocenters. The Morgan fingerprint density at radius 2 is 1.91 bits per heavy atom. The van der Waals surface area contributed by atoms with Crippen molar-refractivity contribution in [3.63, 3.8) is 0 Å². The van der Waals surface area contributed by atoms with E-state index in [2.05, 4.69) is 25.2 Å². The number of nitrogens with zero attached hydrogens (tertiary/aromatic N) is 1. The zero-order valence-corrected chi connectivity index (χ0v) is 14.6. The number of hydrogen-bond acceptors (Lipinski definition) is 5. The molecule has 5 heteroatoms. The van der Waals surface area contributed by atoms with Crippen LogP contribution in [0.3, 0.4) is 0 Å². The van der Waals surface area contributed by atoms with E-state index in [4.69, 9.17) is 14.6 Å². The zero-order valence-electron chi connectivity index (χ0n) is 14.6. The third-order valence-electron chi connectivity index (χ3n) is 4.30. The molecule has 23 heavy (non-hydrogen) atoms. The quantitative estimate of drug-likeness (QED) is 0.648.